The van der Waals surface area contributed by atoms with E-state index in [0.29, 0.717) is 11.6 Å². The number of rotatable bonds is 3. The topological polar surface area (TPSA) is 49.7 Å². The zero-order valence-electron chi connectivity index (χ0n) is 11.0. The molecule has 1 aromatic carbocycles. The number of carbonyl (C=O) groups excluding carboxylic acids is 2. The van der Waals surface area contributed by atoms with Crippen LogP contribution >= 0.6 is 11.8 Å². The van der Waals surface area contributed by atoms with Crippen molar-refractivity contribution < 1.29 is 9.59 Å². The summed E-state index contributed by atoms with van der Waals surface area (Å²) in [6.45, 7) is 3.45. The number of hydrogen-bond donors (Lipinski definition) is 0. The third-order valence-corrected chi connectivity index (χ3v) is 3.73. The molecule has 1 aromatic rings. The number of carbonyl (C=O) groups is 2. The van der Waals surface area contributed by atoms with E-state index in [0.717, 1.165) is 11.3 Å². The van der Waals surface area contributed by atoms with Crippen LogP contribution in [0.1, 0.15) is 19.4 Å². The van der Waals surface area contributed by atoms with Gasteiger partial charge >= 0.3 is 0 Å². The monoisotopic (exact) mass is 276 g/mol. The Hall–Kier alpha value is -1.62. The Morgan fingerprint density at radius 3 is 2.63 bits per heavy atom. The molecular formula is C14H16N2O2S. The Balaban J connectivity index is 2.20. The average Bonchev–Trinajstić information content (AvgIpc) is 2.68. The molecule has 0 aromatic heterocycles. The molecule has 100 valence electrons. The summed E-state index contributed by atoms with van der Waals surface area (Å²) >= 11 is 1.43. The minimum atomic E-state index is -0.492. The van der Waals surface area contributed by atoms with Crippen molar-refractivity contribution in [3.05, 3.63) is 35.9 Å². The molecule has 1 atom stereocenters. The minimum Gasteiger partial charge on any atom is -0.278 e. The molecule has 0 spiro atoms. The number of benzene rings is 1. The summed E-state index contributed by atoms with van der Waals surface area (Å²) in [7, 11) is 0. The van der Waals surface area contributed by atoms with E-state index < -0.39 is 6.04 Å². The summed E-state index contributed by atoms with van der Waals surface area (Å²) in [4.78, 5) is 29.3. The van der Waals surface area contributed by atoms with Crippen LogP contribution in [0.15, 0.2) is 35.3 Å². The maximum absolute atomic E-state index is 12.0. The van der Waals surface area contributed by atoms with Crippen LogP contribution in [-0.2, 0) is 16.0 Å². The van der Waals surface area contributed by atoms with Gasteiger partial charge in [0.15, 0.2) is 5.17 Å². The molecule has 1 heterocycles. The van der Waals surface area contributed by atoms with E-state index in [9.17, 15) is 9.59 Å². The summed E-state index contributed by atoms with van der Waals surface area (Å²) in [5.41, 5.74) is 1.03. The first kappa shape index (κ1) is 13.8. The molecule has 19 heavy (non-hydrogen) atoms. The lowest BCUT2D eigenvalue weighted by Gasteiger charge is -2.22. The first-order valence-corrected chi connectivity index (χ1v) is 7.21. The second-order valence-electron chi connectivity index (χ2n) is 4.26. The first-order chi connectivity index (χ1) is 9.13. The second-order valence-corrected chi connectivity index (χ2v) is 5.49. The molecule has 0 aliphatic carbocycles. The van der Waals surface area contributed by atoms with Gasteiger partial charge in [0.05, 0.1) is 0 Å². The van der Waals surface area contributed by atoms with Crippen molar-refractivity contribution in [2.75, 3.05) is 5.75 Å². The molecule has 2 rings (SSSR count). The lowest BCUT2D eigenvalue weighted by atomic mass is 10.1. The molecule has 0 N–H and O–H groups in total. The maximum atomic E-state index is 12.0. The van der Waals surface area contributed by atoms with E-state index in [1.807, 2.05) is 37.3 Å². The summed E-state index contributed by atoms with van der Waals surface area (Å²) in [6, 6.07) is 9.20. The molecule has 0 radical (unpaired) electrons. The number of amidine groups is 1. The van der Waals surface area contributed by atoms with Crippen LogP contribution in [0.25, 0.3) is 0 Å². The molecule has 0 bridgehead atoms. The van der Waals surface area contributed by atoms with Gasteiger partial charge in [0.2, 0.25) is 5.91 Å². The summed E-state index contributed by atoms with van der Waals surface area (Å²) in [5.74, 6) is 0.426. The first-order valence-electron chi connectivity index (χ1n) is 6.22. The van der Waals surface area contributed by atoms with Gasteiger partial charge in [0.25, 0.3) is 5.91 Å². The Morgan fingerprint density at radius 2 is 2.05 bits per heavy atom. The van der Waals surface area contributed by atoms with Gasteiger partial charge in [-0.25, -0.2) is 0 Å². The molecule has 0 fully saturated rings. The van der Waals surface area contributed by atoms with E-state index in [2.05, 4.69) is 4.99 Å². The molecule has 5 heteroatoms. The fourth-order valence-corrected chi connectivity index (χ4v) is 2.88. The van der Waals surface area contributed by atoms with Gasteiger partial charge in [-0.15, -0.1) is 0 Å². The van der Waals surface area contributed by atoms with Crippen LogP contribution in [-0.4, -0.2) is 33.7 Å². The summed E-state index contributed by atoms with van der Waals surface area (Å²) < 4.78 is 0. The van der Waals surface area contributed by atoms with Gasteiger partial charge in [-0.2, -0.15) is 4.99 Å². The maximum Gasteiger partial charge on any atom is 0.271 e. The highest BCUT2D eigenvalue weighted by molar-refractivity contribution is 8.13. The Kier molecular flexibility index (Phi) is 4.37. The van der Waals surface area contributed by atoms with Crippen molar-refractivity contribution in [3.8, 4) is 0 Å². The normalized spacial score (nSPS) is 18.6. The lowest BCUT2D eigenvalue weighted by Crippen LogP contribution is -2.42. The molecule has 2 amide bonds. The van der Waals surface area contributed by atoms with E-state index in [1.54, 1.807) is 0 Å². The highest BCUT2D eigenvalue weighted by Gasteiger charge is 2.37. The van der Waals surface area contributed by atoms with Gasteiger partial charge in [-0.05, 0) is 11.3 Å². The van der Waals surface area contributed by atoms with Crippen LogP contribution in [0.5, 0.6) is 0 Å². The van der Waals surface area contributed by atoms with E-state index in [1.165, 1.54) is 23.6 Å². The third kappa shape index (κ3) is 3.04. The van der Waals surface area contributed by atoms with E-state index in [-0.39, 0.29) is 11.8 Å². The second kappa shape index (κ2) is 6.02. The fraction of sp³-hybridized carbons (Fsp3) is 0.357. The molecule has 1 unspecified atom stereocenters. The van der Waals surface area contributed by atoms with Crippen LogP contribution in [0.3, 0.4) is 0 Å². The van der Waals surface area contributed by atoms with Crippen molar-refractivity contribution in [3.63, 3.8) is 0 Å². The predicted molar refractivity (Wildman–Crippen MR) is 77.0 cm³/mol. The van der Waals surface area contributed by atoms with Gasteiger partial charge in [-0.1, -0.05) is 49.0 Å². The van der Waals surface area contributed by atoms with Gasteiger partial charge in [0.1, 0.15) is 6.04 Å². The van der Waals surface area contributed by atoms with E-state index in [4.69, 9.17) is 0 Å². The summed E-state index contributed by atoms with van der Waals surface area (Å²) in [6.07, 6.45) is 0.510. The van der Waals surface area contributed by atoms with Crippen LogP contribution in [0.2, 0.25) is 0 Å². The van der Waals surface area contributed by atoms with Crippen LogP contribution in [0.4, 0.5) is 0 Å². The van der Waals surface area contributed by atoms with Crippen molar-refractivity contribution in [1.29, 1.82) is 0 Å². The predicted octanol–water partition coefficient (Wildman–Crippen LogP) is 2.10. The Morgan fingerprint density at radius 1 is 1.37 bits per heavy atom. The standard InChI is InChI=1S/C14H16N2O2S/c1-3-19-14-15-13(18)12(16(14)10(2)17)9-11-7-5-4-6-8-11/h4-8,12H,3,9H2,1-2H3. The molecule has 0 saturated carbocycles. The zero-order chi connectivity index (χ0) is 13.8. The number of aliphatic imine (C=N–C) groups is 1. The fourth-order valence-electron chi connectivity index (χ4n) is 2.07. The summed E-state index contributed by atoms with van der Waals surface area (Å²) in [5, 5.41) is 0.529. The quantitative estimate of drug-likeness (QED) is 0.849. The number of hydrogen-bond acceptors (Lipinski definition) is 3. The molecule has 4 nitrogen and oxygen atoms in total. The van der Waals surface area contributed by atoms with Crippen molar-refractivity contribution >= 4 is 28.7 Å². The Bertz CT molecular complexity index is 513. The van der Waals surface area contributed by atoms with Crippen molar-refractivity contribution in [2.24, 2.45) is 4.99 Å². The van der Waals surface area contributed by atoms with Gasteiger partial charge in [-0.3, -0.25) is 14.5 Å². The lowest BCUT2D eigenvalue weighted by molar-refractivity contribution is -0.131. The largest absolute Gasteiger partial charge is 0.278 e. The average molecular weight is 276 g/mol. The van der Waals surface area contributed by atoms with Gasteiger partial charge in [0, 0.05) is 13.3 Å². The third-order valence-electron chi connectivity index (χ3n) is 2.89. The number of amides is 2. The number of nitrogens with zero attached hydrogens (tertiary/aromatic N) is 2. The number of thioether (sulfide) groups is 1. The van der Waals surface area contributed by atoms with Gasteiger partial charge < -0.3 is 0 Å². The van der Waals surface area contributed by atoms with E-state index >= 15 is 0 Å². The molecule has 1 aliphatic heterocycles. The Labute approximate surface area is 116 Å². The molecule has 1 aliphatic rings. The van der Waals surface area contributed by atoms with Crippen LogP contribution < -0.4 is 0 Å². The molecule has 0 saturated heterocycles. The van der Waals surface area contributed by atoms with Crippen molar-refractivity contribution in [2.45, 2.75) is 26.3 Å². The highest BCUT2D eigenvalue weighted by Crippen LogP contribution is 2.23. The molecular weight excluding hydrogens is 260 g/mol. The smallest absolute Gasteiger partial charge is 0.271 e. The zero-order valence-corrected chi connectivity index (χ0v) is 11.8. The highest BCUT2D eigenvalue weighted by atomic mass is 32.2. The SMILES string of the molecule is CCSC1=NC(=O)C(Cc2ccccc2)N1C(C)=O. The van der Waals surface area contributed by atoms with Crippen molar-refractivity contribution in [1.82, 2.24) is 4.90 Å². The minimum absolute atomic E-state index is 0.133. The van der Waals surface area contributed by atoms with Crippen LogP contribution in [0, 0.1) is 0 Å².